The Kier molecular flexibility index (Phi) is 6.86. The molecule has 4 aromatic rings. The van der Waals surface area contributed by atoms with Crippen LogP contribution in [-0.4, -0.2) is 34.2 Å². The normalized spacial score (nSPS) is 11.0. The predicted octanol–water partition coefficient (Wildman–Crippen LogP) is 3.67. The van der Waals surface area contributed by atoms with Gasteiger partial charge >= 0.3 is 0 Å². The Morgan fingerprint density at radius 1 is 1.11 bits per heavy atom. The van der Waals surface area contributed by atoms with Crippen LogP contribution in [0.3, 0.4) is 0 Å². The van der Waals surface area contributed by atoms with Crippen LogP contribution in [0.5, 0.6) is 11.5 Å². The van der Waals surface area contributed by atoms with Crippen molar-refractivity contribution in [1.29, 1.82) is 0 Å². The van der Waals surface area contributed by atoms with Gasteiger partial charge in [-0.3, -0.25) is 18.7 Å². The first-order chi connectivity index (χ1) is 16.8. The molecule has 0 aliphatic rings. The van der Waals surface area contributed by atoms with Crippen molar-refractivity contribution < 1.29 is 18.7 Å². The molecule has 0 unspecified atom stereocenters. The largest absolute Gasteiger partial charge is 0.497 e. The first-order valence-corrected chi connectivity index (χ1v) is 11.1. The number of carbonyl (C=O) groups excluding carboxylic acids is 1. The number of aryl methyl sites for hydroxylation is 2. The standard InChI is InChI=1S/C26H27FN4O4/c1-16-17(2)31(20-7-5-6-19(27)13-20)25-24(16)26(33)30(15-29-25)11-10-23(32)28-14-18-12-21(34-3)8-9-22(18)35-4/h5-9,12-13,15H,10-11,14H2,1-4H3,(H,28,32). The number of rotatable bonds is 8. The van der Waals surface area contributed by atoms with Crippen LogP contribution >= 0.6 is 0 Å². The zero-order chi connectivity index (χ0) is 25.1. The molecule has 35 heavy (non-hydrogen) atoms. The summed E-state index contributed by atoms with van der Waals surface area (Å²) >= 11 is 0. The van der Waals surface area contributed by atoms with Crippen molar-refractivity contribution in [1.82, 2.24) is 19.4 Å². The maximum Gasteiger partial charge on any atom is 0.263 e. The van der Waals surface area contributed by atoms with Crippen molar-refractivity contribution >= 4 is 16.9 Å². The minimum Gasteiger partial charge on any atom is -0.497 e. The highest BCUT2D eigenvalue weighted by Gasteiger charge is 2.18. The van der Waals surface area contributed by atoms with E-state index in [1.165, 1.54) is 23.0 Å². The van der Waals surface area contributed by atoms with E-state index in [9.17, 15) is 14.0 Å². The van der Waals surface area contributed by atoms with Crippen LogP contribution in [0.25, 0.3) is 16.7 Å². The molecule has 1 amide bonds. The number of halogens is 1. The Hall–Kier alpha value is -4.14. The molecular weight excluding hydrogens is 451 g/mol. The number of hydrogen-bond acceptors (Lipinski definition) is 5. The fourth-order valence-corrected chi connectivity index (χ4v) is 4.10. The Morgan fingerprint density at radius 2 is 1.91 bits per heavy atom. The van der Waals surface area contributed by atoms with Crippen molar-refractivity contribution in [2.24, 2.45) is 0 Å². The zero-order valence-electron chi connectivity index (χ0n) is 20.1. The molecule has 0 aliphatic heterocycles. The van der Waals surface area contributed by atoms with Gasteiger partial charge in [-0.25, -0.2) is 9.37 Å². The van der Waals surface area contributed by atoms with Crippen molar-refractivity contribution in [3.63, 3.8) is 0 Å². The van der Waals surface area contributed by atoms with Crippen LogP contribution in [0.1, 0.15) is 23.2 Å². The molecule has 0 saturated heterocycles. The van der Waals surface area contributed by atoms with Gasteiger partial charge in [-0.1, -0.05) is 6.07 Å². The Morgan fingerprint density at radius 3 is 2.63 bits per heavy atom. The van der Waals surface area contributed by atoms with Gasteiger partial charge in [0.2, 0.25) is 5.91 Å². The lowest BCUT2D eigenvalue weighted by Gasteiger charge is -2.12. The lowest BCUT2D eigenvalue weighted by Crippen LogP contribution is -2.27. The van der Waals surface area contributed by atoms with Gasteiger partial charge < -0.3 is 14.8 Å². The number of hydrogen-bond donors (Lipinski definition) is 1. The van der Waals surface area contributed by atoms with Crippen molar-refractivity contribution in [3.8, 4) is 17.2 Å². The van der Waals surface area contributed by atoms with E-state index in [1.54, 1.807) is 49.1 Å². The average molecular weight is 479 g/mol. The second-order valence-corrected chi connectivity index (χ2v) is 8.17. The SMILES string of the molecule is COc1ccc(OC)c(CNC(=O)CCn2cnc3c(c(C)c(C)n3-c3cccc(F)c3)c2=O)c1. The molecule has 2 aromatic carbocycles. The molecule has 0 radical (unpaired) electrons. The molecule has 9 heteroatoms. The summed E-state index contributed by atoms with van der Waals surface area (Å²) in [6.45, 7) is 4.15. The second-order valence-electron chi connectivity index (χ2n) is 8.17. The number of aromatic nitrogens is 3. The van der Waals surface area contributed by atoms with Crippen molar-refractivity contribution in [2.75, 3.05) is 14.2 Å². The molecule has 2 heterocycles. The molecule has 0 spiro atoms. The van der Waals surface area contributed by atoms with Gasteiger partial charge in [0.15, 0.2) is 5.65 Å². The summed E-state index contributed by atoms with van der Waals surface area (Å²) in [7, 11) is 3.14. The van der Waals surface area contributed by atoms with Crippen LogP contribution < -0.4 is 20.3 Å². The summed E-state index contributed by atoms with van der Waals surface area (Å²) in [6.07, 6.45) is 1.53. The van der Waals surface area contributed by atoms with Gasteiger partial charge in [0.05, 0.1) is 31.6 Å². The quantitative estimate of drug-likeness (QED) is 0.418. The smallest absolute Gasteiger partial charge is 0.263 e. The third-order valence-electron chi connectivity index (χ3n) is 6.09. The molecule has 4 rings (SSSR count). The van der Waals surface area contributed by atoms with Crippen molar-refractivity contribution in [3.05, 3.63) is 81.8 Å². The Labute approximate surface area is 201 Å². The third-order valence-corrected chi connectivity index (χ3v) is 6.09. The fraction of sp³-hybridized carbons (Fsp3) is 0.269. The summed E-state index contributed by atoms with van der Waals surface area (Å²) in [6, 6.07) is 11.5. The first kappa shape index (κ1) is 24.0. The van der Waals surface area contributed by atoms with Gasteiger partial charge in [-0.2, -0.15) is 0 Å². The second kappa shape index (κ2) is 10.0. The van der Waals surface area contributed by atoms with E-state index in [0.29, 0.717) is 28.2 Å². The number of benzene rings is 2. The molecule has 182 valence electrons. The summed E-state index contributed by atoms with van der Waals surface area (Å²) in [4.78, 5) is 30.2. The molecule has 8 nitrogen and oxygen atoms in total. The highest BCUT2D eigenvalue weighted by atomic mass is 19.1. The molecule has 0 atom stereocenters. The van der Waals surface area contributed by atoms with Gasteiger partial charge in [0.1, 0.15) is 17.3 Å². The average Bonchev–Trinajstić information content (AvgIpc) is 3.12. The maximum atomic E-state index is 13.8. The van der Waals surface area contributed by atoms with E-state index in [4.69, 9.17) is 9.47 Å². The molecule has 0 bridgehead atoms. The molecular formula is C26H27FN4O4. The number of nitrogens with one attached hydrogen (secondary N) is 1. The Balaban J connectivity index is 1.52. The third kappa shape index (κ3) is 4.75. The monoisotopic (exact) mass is 478 g/mol. The number of carbonyl (C=O) groups is 1. The lowest BCUT2D eigenvalue weighted by molar-refractivity contribution is -0.121. The minimum absolute atomic E-state index is 0.0992. The van der Waals surface area contributed by atoms with E-state index < -0.39 is 0 Å². The molecule has 2 aromatic heterocycles. The van der Waals surface area contributed by atoms with Gasteiger partial charge in [0.25, 0.3) is 5.56 Å². The number of ether oxygens (including phenoxy) is 2. The highest BCUT2D eigenvalue weighted by molar-refractivity contribution is 5.83. The number of methoxy groups -OCH3 is 2. The van der Waals surface area contributed by atoms with Gasteiger partial charge in [0, 0.05) is 30.8 Å². The fourth-order valence-electron chi connectivity index (χ4n) is 4.10. The lowest BCUT2D eigenvalue weighted by atomic mass is 10.2. The topological polar surface area (TPSA) is 87.4 Å². The van der Waals surface area contributed by atoms with Gasteiger partial charge in [-0.05, 0) is 55.8 Å². The van der Waals surface area contributed by atoms with Crippen LogP contribution in [0.4, 0.5) is 4.39 Å². The summed E-state index contributed by atoms with van der Waals surface area (Å²) in [5, 5.41) is 3.31. The zero-order valence-corrected chi connectivity index (χ0v) is 20.1. The minimum atomic E-state index is -0.368. The Bertz CT molecular complexity index is 1460. The number of nitrogens with zero attached hydrogens (tertiary/aromatic N) is 3. The van der Waals surface area contributed by atoms with Crippen LogP contribution in [0.2, 0.25) is 0 Å². The van der Waals surface area contributed by atoms with E-state index in [1.807, 2.05) is 13.8 Å². The molecule has 1 N–H and O–H groups in total. The van der Waals surface area contributed by atoms with Crippen LogP contribution in [-0.2, 0) is 17.9 Å². The molecule has 0 fully saturated rings. The molecule has 0 aliphatic carbocycles. The van der Waals surface area contributed by atoms with Crippen LogP contribution in [0.15, 0.2) is 53.6 Å². The highest BCUT2D eigenvalue weighted by Crippen LogP contribution is 2.26. The number of fused-ring (bicyclic) bond motifs is 1. The van der Waals surface area contributed by atoms with Crippen molar-refractivity contribution in [2.45, 2.75) is 33.4 Å². The van der Waals surface area contributed by atoms with Gasteiger partial charge in [-0.15, -0.1) is 0 Å². The maximum absolute atomic E-state index is 13.8. The summed E-state index contributed by atoms with van der Waals surface area (Å²) in [5.41, 5.74) is 3.17. The van der Waals surface area contributed by atoms with E-state index in [0.717, 1.165) is 16.8 Å². The van der Waals surface area contributed by atoms with E-state index in [2.05, 4.69) is 10.3 Å². The van der Waals surface area contributed by atoms with Crippen LogP contribution in [0, 0.1) is 19.7 Å². The summed E-state index contributed by atoms with van der Waals surface area (Å²) < 4.78 is 27.6. The first-order valence-electron chi connectivity index (χ1n) is 11.1. The number of amides is 1. The van der Waals surface area contributed by atoms with E-state index >= 15 is 0 Å². The molecule has 0 saturated carbocycles. The predicted molar refractivity (Wildman–Crippen MR) is 131 cm³/mol. The van der Waals surface area contributed by atoms with E-state index in [-0.39, 0.29) is 36.8 Å². The summed E-state index contributed by atoms with van der Waals surface area (Å²) in [5.74, 6) is 0.724.